The van der Waals surface area contributed by atoms with Crippen LogP contribution in [0.5, 0.6) is 5.75 Å². The van der Waals surface area contributed by atoms with Gasteiger partial charge in [-0.05, 0) is 56.3 Å². The molecule has 4 atom stereocenters. The fourth-order valence-corrected chi connectivity index (χ4v) is 3.37. The summed E-state index contributed by atoms with van der Waals surface area (Å²) in [6, 6.07) is 2.01. The topological polar surface area (TPSA) is 197 Å². The maximum Gasteiger partial charge on any atom is 0.326 e. The largest absolute Gasteiger partial charge is 0.508 e. The molecule has 4 unspecified atom stereocenters. The number of carbonyl (C=O) groups is 4. The first-order valence-electron chi connectivity index (χ1n) is 11.8. The van der Waals surface area contributed by atoms with Gasteiger partial charge in [-0.25, -0.2) is 4.79 Å². The molecule has 0 saturated heterocycles. The highest BCUT2D eigenvalue weighted by Crippen LogP contribution is 2.12. The van der Waals surface area contributed by atoms with Crippen molar-refractivity contribution in [1.29, 1.82) is 0 Å². The van der Waals surface area contributed by atoms with Crippen LogP contribution in [0.1, 0.15) is 52.0 Å². The number of aromatic hydroxyl groups is 1. The summed E-state index contributed by atoms with van der Waals surface area (Å²) < 4.78 is 0. The molecule has 1 rings (SSSR count). The van der Waals surface area contributed by atoms with Gasteiger partial charge in [-0.1, -0.05) is 32.4 Å². The average molecular weight is 494 g/mol. The van der Waals surface area contributed by atoms with Crippen molar-refractivity contribution in [2.75, 3.05) is 6.54 Å². The Hall–Kier alpha value is -3.18. The van der Waals surface area contributed by atoms with E-state index in [-0.39, 0.29) is 18.1 Å². The summed E-state index contributed by atoms with van der Waals surface area (Å²) in [4.78, 5) is 49.6. The van der Waals surface area contributed by atoms with Crippen LogP contribution in [0.15, 0.2) is 24.3 Å². The van der Waals surface area contributed by atoms with Crippen LogP contribution in [-0.2, 0) is 25.6 Å². The summed E-state index contributed by atoms with van der Waals surface area (Å²) in [5.74, 6) is -2.82. The number of rotatable bonds is 15. The van der Waals surface area contributed by atoms with Gasteiger partial charge in [0.05, 0.1) is 6.04 Å². The fourth-order valence-electron chi connectivity index (χ4n) is 3.37. The van der Waals surface area contributed by atoms with E-state index in [1.165, 1.54) is 19.1 Å². The van der Waals surface area contributed by atoms with Crippen molar-refractivity contribution < 1.29 is 29.4 Å². The Balaban J connectivity index is 2.75. The molecule has 0 aliphatic carbocycles. The molecule has 0 heterocycles. The van der Waals surface area contributed by atoms with Gasteiger partial charge in [0.25, 0.3) is 0 Å². The van der Waals surface area contributed by atoms with Crippen molar-refractivity contribution in [3.05, 3.63) is 29.8 Å². The van der Waals surface area contributed by atoms with Crippen molar-refractivity contribution >= 4 is 23.7 Å². The molecule has 0 spiro atoms. The molecule has 0 radical (unpaired) electrons. The van der Waals surface area contributed by atoms with E-state index in [0.29, 0.717) is 31.4 Å². The summed E-state index contributed by atoms with van der Waals surface area (Å²) in [5, 5.41) is 26.5. The Bertz CT molecular complexity index is 845. The van der Waals surface area contributed by atoms with Crippen molar-refractivity contribution in [2.45, 2.75) is 77.0 Å². The minimum Gasteiger partial charge on any atom is -0.508 e. The second-order valence-corrected chi connectivity index (χ2v) is 9.08. The number of phenolic OH excluding ortho intramolecular Hbond substituents is 1. The van der Waals surface area contributed by atoms with Gasteiger partial charge >= 0.3 is 5.97 Å². The van der Waals surface area contributed by atoms with Gasteiger partial charge in [0.1, 0.15) is 23.9 Å². The van der Waals surface area contributed by atoms with Crippen LogP contribution in [0.25, 0.3) is 0 Å². The molecule has 0 bridgehead atoms. The molecule has 0 aliphatic rings. The Morgan fingerprint density at radius 3 is 2.03 bits per heavy atom. The molecule has 1 aromatic carbocycles. The van der Waals surface area contributed by atoms with Crippen molar-refractivity contribution in [3.8, 4) is 5.75 Å². The molecule has 11 heteroatoms. The Kier molecular flexibility index (Phi) is 12.7. The average Bonchev–Trinajstić information content (AvgIpc) is 2.78. The predicted octanol–water partition coefficient (Wildman–Crippen LogP) is -0.00400. The minimum atomic E-state index is -1.24. The second kappa shape index (κ2) is 14.9. The highest BCUT2D eigenvalue weighted by molar-refractivity contribution is 5.93. The number of phenols is 1. The van der Waals surface area contributed by atoms with E-state index in [4.69, 9.17) is 11.5 Å². The highest BCUT2D eigenvalue weighted by Gasteiger charge is 2.28. The van der Waals surface area contributed by atoms with Crippen molar-refractivity contribution in [3.63, 3.8) is 0 Å². The monoisotopic (exact) mass is 493 g/mol. The standard InChI is InChI=1S/C24H39N5O6/c1-14(2)12-19(28-22(32)18(26)6-4-5-11-25)23(33)27-15(3)21(31)29-20(24(34)35)13-16-7-9-17(30)10-8-16/h7-10,14-15,18-20,30H,4-6,11-13,25-26H2,1-3H3,(H,27,33)(H,28,32)(H,29,31)(H,34,35). The number of nitrogens with two attached hydrogens (primary N) is 2. The number of nitrogens with one attached hydrogen (secondary N) is 3. The van der Waals surface area contributed by atoms with Crippen LogP contribution in [0.4, 0.5) is 0 Å². The summed E-state index contributed by atoms with van der Waals surface area (Å²) in [6.07, 6.45) is 2.21. The fraction of sp³-hybridized carbons (Fsp3) is 0.583. The van der Waals surface area contributed by atoms with E-state index in [1.807, 2.05) is 13.8 Å². The van der Waals surface area contributed by atoms with E-state index in [9.17, 15) is 29.4 Å². The first-order valence-corrected chi connectivity index (χ1v) is 11.8. The molecule has 11 nitrogen and oxygen atoms in total. The predicted molar refractivity (Wildman–Crippen MR) is 131 cm³/mol. The second-order valence-electron chi connectivity index (χ2n) is 9.08. The number of hydrogen-bond donors (Lipinski definition) is 7. The molecule has 35 heavy (non-hydrogen) atoms. The molecule has 9 N–H and O–H groups in total. The zero-order valence-corrected chi connectivity index (χ0v) is 20.6. The van der Waals surface area contributed by atoms with E-state index in [0.717, 1.165) is 6.42 Å². The van der Waals surface area contributed by atoms with Crippen LogP contribution in [0.2, 0.25) is 0 Å². The number of unbranched alkanes of at least 4 members (excludes halogenated alkanes) is 1. The van der Waals surface area contributed by atoms with E-state index in [2.05, 4.69) is 16.0 Å². The van der Waals surface area contributed by atoms with Crippen molar-refractivity contribution in [1.82, 2.24) is 16.0 Å². The first kappa shape index (κ1) is 29.9. The molecule has 0 fully saturated rings. The molecule has 1 aromatic rings. The van der Waals surface area contributed by atoms with Crippen LogP contribution in [-0.4, -0.2) is 64.6 Å². The third-order valence-corrected chi connectivity index (χ3v) is 5.39. The maximum atomic E-state index is 12.9. The normalized spacial score (nSPS) is 14.5. The van der Waals surface area contributed by atoms with Gasteiger partial charge in [0.15, 0.2) is 0 Å². The number of benzene rings is 1. The molecule has 0 saturated carbocycles. The van der Waals surface area contributed by atoms with Gasteiger partial charge in [-0.3, -0.25) is 14.4 Å². The number of amides is 3. The summed E-state index contributed by atoms with van der Waals surface area (Å²) in [5.41, 5.74) is 12.0. The molecular formula is C24H39N5O6. The molecule has 0 aromatic heterocycles. The van der Waals surface area contributed by atoms with Crippen molar-refractivity contribution in [2.24, 2.45) is 17.4 Å². The lowest BCUT2D eigenvalue weighted by Gasteiger charge is -2.24. The van der Waals surface area contributed by atoms with Gasteiger partial charge in [-0.15, -0.1) is 0 Å². The van der Waals surface area contributed by atoms with Crippen LogP contribution >= 0.6 is 0 Å². The SMILES string of the molecule is CC(C)CC(NC(=O)C(N)CCCCN)C(=O)NC(C)C(=O)NC(Cc1ccc(O)cc1)C(=O)O. The zero-order valence-electron chi connectivity index (χ0n) is 20.6. The van der Waals surface area contributed by atoms with Crippen LogP contribution in [0, 0.1) is 5.92 Å². The molecule has 0 aliphatic heterocycles. The van der Waals surface area contributed by atoms with Gasteiger partial charge in [0, 0.05) is 6.42 Å². The van der Waals surface area contributed by atoms with Crippen LogP contribution < -0.4 is 27.4 Å². The summed E-state index contributed by atoms with van der Waals surface area (Å²) >= 11 is 0. The Labute approximate surface area is 206 Å². The lowest BCUT2D eigenvalue weighted by Crippen LogP contribution is -2.56. The van der Waals surface area contributed by atoms with E-state index < -0.39 is 47.9 Å². The van der Waals surface area contributed by atoms with E-state index >= 15 is 0 Å². The van der Waals surface area contributed by atoms with Crippen LogP contribution in [0.3, 0.4) is 0 Å². The molecule has 196 valence electrons. The summed E-state index contributed by atoms with van der Waals surface area (Å²) in [7, 11) is 0. The Morgan fingerprint density at radius 2 is 1.49 bits per heavy atom. The lowest BCUT2D eigenvalue weighted by molar-refractivity contribution is -0.142. The zero-order chi connectivity index (χ0) is 26.5. The third-order valence-electron chi connectivity index (χ3n) is 5.39. The lowest BCUT2D eigenvalue weighted by atomic mass is 10.0. The van der Waals surface area contributed by atoms with Gasteiger partial charge in [-0.2, -0.15) is 0 Å². The number of carbonyl (C=O) groups excluding carboxylic acids is 3. The molecular weight excluding hydrogens is 454 g/mol. The molecule has 3 amide bonds. The number of carboxylic acids is 1. The van der Waals surface area contributed by atoms with E-state index in [1.54, 1.807) is 12.1 Å². The number of carboxylic acid groups (broad SMARTS) is 1. The summed E-state index contributed by atoms with van der Waals surface area (Å²) in [6.45, 7) is 5.72. The van der Waals surface area contributed by atoms with Gasteiger partial charge < -0.3 is 37.6 Å². The minimum absolute atomic E-state index is 0.00387. The maximum absolute atomic E-state index is 12.9. The third kappa shape index (κ3) is 11.2. The highest BCUT2D eigenvalue weighted by atomic mass is 16.4. The van der Waals surface area contributed by atoms with Gasteiger partial charge in [0.2, 0.25) is 17.7 Å². The smallest absolute Gasteiger partial charge is 0.326 e. The Morgan fingerprint density at radius 1 is 0.886 bits per heavy atom. The first-order chi connectivity index (χ1) is 16.4. The quantitative estimate of drug-likeness (QED) is 0.166. The number of aliphatic carboxylic acids is 1. The number of hydrogen-bond acceptors (Lipinski definition) is 7.